The van der Waals surface area contributed by atoms with Gasteiger partial charge < -0.3 is 9.88 Å². The van der Waals surface area contributed by atoms with Crippen LogP contribution in [0.1, 0.15) is 35.4 Å². The number of aryl methyl sites for hydroxylation is 3. The molecule has 128 valence electrons. The van der Waals surface area contributed by atoms with E-state index in [9.17, 15) is 4.79 Å². The van der Waals surface area contributed by atoms with Crippen LogP contribution in [-0.2, 0) is 37.6 Å². The topological polar surface area (TPSA) is 46.9 Å². The average molecular weight is 333 g/mol. The smallest absolute Gasteiger partial charge is 0.224 e. The summed E-state index contributed by atoms with van der Waals surface area (Å²) in [6.07, 6.45) is 5.29. The van der Waals surface area contributed by atoms with Gasteiger partial charge in [-0.05, 0) is 54.5 Å². The minimum absolute atomic E-state index is 0.0443. The monoisotopic (exact) mass is 333 g/mol. The Hall–Kier alpha value is -2.62. The van der Waals surface area contributed by atoms with Crippen LogP contribution >= 0.6 is 0 Å². The molecule has 0 atom stereocenters. The Balaban J connectivity index is 1.41. The van der Waals surface area contributed by atoms with Gasteiger partial charge in [-0.25, -0.2) is 4.98 Å². The summed E-state index contributed by atoms with van der Waals surface area (Å²) in [7, 11) is 1.99. The molecule has 0 bridgehead atoms. The van der Waals surface area contributed by atoms with E-state index in [0.29, 0.717) is 13.0 Å². The van der Waals surface area contributed by atoms with Crippen molar-refractivity contribution in [2.45, 2.75) is 38.6 Å². The van der Waals surface area contributed by atoms with Crippen LogP contribution in [0.2, 0.25) is 0 Å². The van der Waals surface area contributed by atoms with Gasteiger partial charge in [-0.2, -0.15) is 0 Å². The Morgan fingerprint density at radius 2 is 1.92 bits per heavy atom. The molecule has 0 saturated heterocycles. The second-order valence-corrected chi connectivity index (χ2v) is 6.84. The van der Waals surface area contributed by atoms with Crippen LogP contribution in [0.15, 0.2) is 42.5 Å². The lowest BCUT2D eigenvalue weighted by Crippen LogP contribution is -2.26. The third kappa shape index (κ3) is 3.29. The fourth-order valence-electron chi connectivity index (χ4n) is 3.68. The molecular formula is C21H23N3O. The first kappa shape index (κ1) is 15.9. The molecule has 0 spiro atoms. The molecule has 1 N–H and O–H groups in total. The normalized spacial score (nSPS) is 13.6. The molecule has 1 heterocycles. The number of rotatable bonds is 4. The number of hydrogen-bond donors (Lipinski definition) is 1. The standard InChI is InChI=1S/C21H23N3O/c1-24-19-9-5-4-8-18(19)23-20(24)14-22-21(25)13-15-10-11-16-6-2-3-7-17(16)12-15/h4-5,8-12H,2-3,6-7,13-14H2,1H3,(H,22,25). The summed E-state index contributed by atoms with van der Waals surface area (Å²) in [5.74, 6) is 0.919. The summed E-state index contributed by atoms with van der Waals surface area (Å²) in [4.78, 5) is 16.9. The van der Waals surface area contributed by atoms with Gasteiger partial charge in [-0.3, -0.25) is 4.79 Å². The molecule has 25 heavy (non-hydrogen) atoms. The number of nitrogens with one attached hydrogen (secondary N) is 1. The summed E-state index contributed by atoms with van der Waals surface area (Å²) in [6.45, 7) is 0.453. The second kappa shape index (κ2) is 6.71. The lowest BCUT2D eigenvalue weighted by atomic mass is 9.90. The van der Waals surface area contributed by atoms with Crippen LogP contribution in [0.25, 0.3) is 11.0 Å². The molecule has 4 heteroatoms. The van der Waals surface area contributed by atoms with Crippen molar-refractivity contribution in [3.8, 4) is 0 Å². The molecule has 1 aliphatic rings. The van der Waals surface area contributed by atoms with Gasteiger partial charge >= 0.3 is 0 Å². The van der Waals surface area contributed by atoms with Crippen molar-refractivity contribution in [2.75, 3.05) is 0 Å². The van der Waals surface area contributed by atoms with Crippen LogP contribution in [-0.4, -0.2) is 15.5 Å². The highest BCUT2D eigenvalue weighted by Gasteiger charge is 2.12. The van der Waals surface area contributed by atoms with E-state index in [-0.39, 0.29) is 5.91 Å². The number of benzene rings is 2. The zero-order valence-corrected chi connectivity index (χ0v) is 14.6. The molecule has 1 aromatic heterocycles. The summed E-state index contributed by atoms with van der Waals surface area (Å²) in [6, 6.07) is 14.5. The number of hydrogen-bond acceptors (Lipinski definition) is 2. The molecule has 0 unspecified atom stereocenters. The van der Waals surface area contributed by atoms with Gasteiger partial charge in [0.15, 0.2) is 0 Å². The quantitative estimate of drug-likeness (QED) is 0.796. The molecule has 1 aliphatic carbocycles. The van der Waals surface area contributed by atoms with Gasteiger partial charge in [0.1, 0.15) is 5.82 Å². The maximum atomic E-state index is 12.3. The number of carbonyl (C=O) groups excluding carboxylic acids is 1. The minimum Gasteiger partial charge on any atom is -0.349 e. The van der Waals surface area contributed by atoms with Crippen molar-refractivity contribution < 1.29 is 4.79 Å². The zero-order valence-electron chi connectivity index (χ0n) is 14.6. The van der Waals surface area contributed by atoms with Crippen LogP contribution in [0.5, 0.6) is 0 Å². The van der Waals surface area contributed by atoms with Crippen molar-refractivity contribution in [2.24, 2.45) is 7.05 Å². The van der Waals surface area contributed by atoms with Gasteiger partial charge in [0, 0.05) is 7.05 Å². The first-order chi connectivity index (χ1) is 12.2. The van der Waals surface area contributed by atoms with E-state index in [1.54, 1.807) is 0 Å². The molecule has 0 radical (unpaired) electrons. The molecule has 1 amide bonds. The number of imidazole rings is 1. The number of para-hydroxylation sites is 2. The predicted octanol–water partition coefficient (Wildman–Crippen LogP) is 3.31. The summed E-state index contributed by atoms with van der Waals surface area (Å²) < 4.78 is 2.04. The van der Waals surface area contributed by atoms with E-state index in [4.69, 9.17) is 0 Å². The Labute approximate surface area is 147 Å². The van der Waals surface area contributed by atoms with Gasteiger partial charge in [-0.1, -0.05) is 30.3 Å². The fourth-order valence-corrected chi connectivity index (χ4v) is 3.68. The first-order valence-corrected chi connectivity index (χ1v) is 8.98. The Morgan fingerprint density at radius 3 is 2.76 bits per heavy atom. The molecule has 4 rings (SSSR count). The lowest BCUT2D eigenvalue weighted by Gasteiger charge is -2.16. The summed E-state index contributed by atoms with van der Waals surface area (Å²) in [5, 5.41) is 3.01. The number of amides is 1. The number of fused-ring (bicyclic) bond motifs is 2. The van der Waals surface area contributed by atoms with E-state index in [0.717, 1.165) is 28.8 Å². The van der Waals surface area contributed by atoms with E-state index in [2.05, 4.69) is 28.5 Å². The van der Waals surface area contributed by atoms with Crippen molar-refractivity contribution in [3.05, 3.63) is 65.0 Å². The van der Waals surface area contributed by atoms with Gasteiger partial charge in [-0.15, -0.1) is 0 Å². The first-order valence-electron chi connectivity index (χ1n) is 8.98. The van der Waals surface area contributed by atoms with E-state index in [1.807, 2.05) is 35.9 Å². The van der Waals surface area contributed by atoms with Crippen LogP contribution in [0, 0.1) is 0 Å². The Kier molecular flexibility index (Phi) is 4.26. The molecule has 2 aromatic carbocycles. The van der Waals surface area contributed by atoms with Crippen LogP contribution in [0.4, 0.5) is 0 Å². The molecule has 4 nitrogen and oxygen atoms in total. The molecule has 0 saturated carbocycles. The summed E-state index contributed by atoms with van der Waals surface area (Å²) >= 11 is 0. The van der Waals surface area contributed by atoms with Crippen molar-refractivity contribution in [3.63, 3.8) is 0 Å². The van der Waals surface area contributed by atoms with Gasteiger partial charge in [0.05, 0.1) is 24.0 Å². The molecule has 0 fully saturated rings. The fraction of sp³-hybridized carbons (Fsp3) is 0.333. The third-order valence-electron chi connectivity index (χ3n) is 5.10. The largest absolute Gasteiger partial charge is 0.349 e. The van der Waals surface area contributed by atoms with Gasteiger partial charge in [0.2, 0.25) is 5.91 Å². The molecular weight excluding hydrogens is 310 g/mol. The van der Waals surface area contributed by atoms with E-state index < -0.39 is 0 Å². The average Bonchev–Trinajstić information content (AvgIpc) is 2.96. The third-order valence-corrected chi connectivity index (χ3v) is 5.10. The maximum absolute atomic E-state index is 12.3. The highest BCUT2D eigenvalue weighted by molar-refractivity contribution is 5.79. The highest BCUT2D eigenvalue weighted by Crippen LogP contribution is 2.22. The zero-order chi connectivity index (χ0) is 17.2. The van der Waals surface area contributed by atoms with E-state index in [1.165, 1.54) is 30.4 Å². The maximum Gasteiger partial charge on any atom is 0.224 e. The molecule has 3 aromatic rings. The Bertz CT molecular complexity index is 926. The van der Waals surface area contributed by atoms with Crippen molar-refractivity contribution >= 4 is 16.9 Å². The number of aromatic nitrogens is 2. The Morgan fingerprint density at radius 1 is 1.12 bits per heavy atom. The van der Waals surface area contributed by atoms with Crippen molar-refractivity contribution in [1.29, 1.82) is 0 Å². The van der Waals surface area contributed by atoms with Crippen molar-refractivity contribution in [1.82, 2.24) is 14.9 Å². The number of nitrogens with zero attached hydrogens (tertiary/aromatic N) is 2. The lowest BCUT2D eigenvalue weighted by molar-refractivity contribution is -0.120. The van der Waals surface area contributed by atoms with Crippen LogP contribution in [0.3, 0.4) is 0 Å². The summed E-state index contributed by atoms with van der Waals surface area (Å²) in [5.41, 5.74) is 6.02. The minimum atomic E-state index is 0.0443. The molecule has 0 aliphatic heterocycles. The van der Waals surface area contributed by atoms with Crippen LogP contribution < -0.4 is 5.32 Å². The number of carbonyl (C=O) groups is 1. The SMILES string of the molecule is Cn1c(CNC(=O)Cc2ccc3c(c2)CCCC3)nc2ccccc21. The predicted molar refractivity (Wildman–Crippen MR) is 99.3 cm³/mol. The second-order valence-electron chi connectivity index (χ2n) is 6.84. The highest BCUT2D eigenvalue weighted by atomic mass is 16.1. The van der Waals surface area contributed by atoms with E-state index >= 15 is 0 Å². The van der Waals surface area contributed by atoms with Gasteiger partial charge in [0.25, 0.3) is 0 Å².